The summed E-state index contributed by atoms with van der Waals surface area (Å²) in [4.78, 5) is 7.86. The lowest BCUT2D eigenvalue weighted by Crippen LogP contribution is -2.08. The third kappa shape index (κ3) is 3.84. The number of hydrogen-bond acceptors (Lipinski definition) is 4. The van der Waals surface area contributed by atoms with Gasteiger partial charge in [-0.1, -0.05) is 19.8 Å². The highest BCUT2D eigenvalue weighted by Crippen LogP contribution is 2.32. The minimum Gasteiger partial charge on any atom is -0.475 e. The molecule has 1 aromatic heterocycles. The molecule has 0 bridgehead atoms. The molecule has 17 heavy (non-hydrogen) atoms. The fourth-order valence-corrected chi connectivity index (χ4v) is 1.50. The van der Waals surface area contributed by atoms with E-state index in [0.717, 1.165) is 31.5 Å². The second-order valence-corrected chi connectivity index (χ2v) is 4.35. The van der Waals surface area contributed by atoms with Crippen LogP contribution in [-0.2, 0) is 0 Å². The highest BCUT2D eigenvalue weighted by molar-refractivity contribution is 5.28. The molecule has 5 heteroatoms. The lowest BCUT2D eigenvalue weighted by molar-refractivity contribution is 0.275. The predicted molar refractivity (Wildman–Crippen MR) is 63.6 cm³/mol. The van der Waals surface area contributed by atoms with Crippen molar-refractivity contribution in [3.8, 4) is 5.88 Å². The Morgan fingerprint density at radius 2 is 2.35 bits per heavy atom. The van der Waals surface area contributed by atoms with Crippen molar-refractivity contribution in [3.05, 3.63) is 12.0 Å². The summed E-state index contributed by atoms with van der Waals surface area (Å²) in [6, 6.07) is 0. The van der Waals surface area contributed by atoms with Crippen LogP contribution >= 0.6 is 0 Å². The van der Waals surface area contributed by atoms with Crippen LogP contribution in [0.1, 0.15) is 32.6 Å². The highest BCUT2D eigenvalue weighted by atomic mass is 19.1. The molecule has 1 N–H and O–H groups in total. The van der Waals surface area contributed by atoms with Gasteiger partial charge in [0.1, 0.15) is 0 Å². The van der Waals surface area contributed by atoms with Crippen molar-refractivity contribution in [1.82, 2.24) is 9.97 Å². The minimum atomic E-state index is -0.497. The number of aromatic nitrogens is 2. The van der Waals surface area contributed by atoms with Gasteiger partial charge >= 0.3 is 0 Å². The van der Waals surface area contributed by atoms with Crippen LogP contribution in [0, 0.1) is 11.7 Å². The second-order valence-electron chi connectivity index (χ2n) is 4.35. The largest absolute Gasteiger partial charge is 0.475 e. The van der Waals surface area contributed by atoms with Gasteiger partial charge in [0.2, 0.25) is 11.8 Å². The molecule has 0 aliphatic heterocycles. The Balaban J connectivity index is 1.88. The molecule has 1 aromatic rings. The van der Waals surface area contributed by atoms with Crippen LogP contribution in [0.3, 0.4) is 0 Å². The molecule has 2 rings (SSSR count). The van der Waals surface area contributed by atoms with Crippen LogP contribution < -0.4 is 10.1 Å². The van der Waals surface area contributed by atoms with E-state index in [1.807, 2.05) is 6.92 Å². The molecule has 0 unspecified atom stereocenters. The van der Waals surface area contributed by atoms with Gasteiger partial charge in [-0.25, -0.2) is 4.98 Å². The number of hydrogen-bond donors (Lipinski definition) is 1. The maximum atomic E-state index is 13.4. The predicted octanol–water partition coefficient (Wildman–Crippen LogP) is 2.62. The van der Waals surface area contributed by atoms with E-state index in [4.69, 9.17) is 4.74 Å². The number of halogens is 1. The molecule has 1 saturated carbocycles. The first-order valence-corrected chi connectivity index (χ1v) is 6.18. The molecule has 94 valence electrons. The van der Waals surface area contributed by atoms with E-state index in [9.17, 15) is 4.39 Å². The van der Waals surface area contributed by atoms with Crippen molar-refractivity contribution in [1.29, 1.82) is 0 Å². The molecule has 1 aliphatic carbocycles. The Labute approximate surface area is 101 Å². The van der Waals surface area contributed by atoms with Gasteiger partial charge in [0.15, 0.2) is 0 Å². The molecule has 0 spiro atoms. The lowest BCUT2D eigenvalue weighted by Gasteiger charge is -2.08. The Morgan fingerprint density at radius 3 is 3.06 bits per heavy atom. The summed E-state index contributed by atoms with van der Waals surface area (Å²) in [7, 11) is 0. The summed E-state index contributed by atoms with van der Waals surface area (Å²) in [6.07, 6.45) is 5.66. The van der Waals surface area contributed by atoms with E-state index in [1.54, 1.807) is 0 Å². The Hall–Kier alpha value is -1.39. The lowest BCUT2D eigenvalue weighted by atomic mass is 10.3. The SMILES string of the molecule is CCCNc1ncc(F)c(OCCC2CC2)n1. The average molecular weight is 239 g/mol. The van der Waals surface area contributed by atoms with Gasteiger partial charge in [-0.2, -0.15) is 9.37 Å². The van der Waals surface area contributed by atoms with Crippen LogP contribution in [0.15, 0.2) is 6.20 Å². The van der Waals surface area contributed by atoms with E-state index in [1.165, 1.54) is 12.8 Å². The number of nitrogens with zero attached hydrogens (tertiary/aromatic N) is 2. The summed E-state index contributed by atoms with van der Waals surface area (Å²) in [5.74, 6) is 0.759. The van der Waals surface area contributed by atoms with Crippen molar-refractivity contribution in [2.45, 2.75) is 32.6 Å². The molecule has 1 fully saturated rings. The molecular formula is C12H18FN3O. The molecule has 4 nitrogen and oxygen atoms in total. The van der Waals surface area contributed by atoms with Crippen LogP contribution in [0.2, 0.25) is 0 Å². The molecule has 0 saturated heterocycles. The molecule has 0 aromatic carbocycles. The Morgan fingerprint density at radius 1 is 1.53 bits per heavy atom. The van der Waals surface area contributed by atoms with Gasteiger partial charge in [0.05, 0.1) is 12.8 Å². The summed E-state index contributed by atoms with van der Waals surface area (Å²) in [6.45, 7) is 3.35. The Kier molecular flexibility index (Phi) is 4.12. The summed E-state index contributed by atoms with van der Waals surface area (Å²) in [5, 5.41) is 3.00. The summed E-state index contributed by atoms with van der Waals surface area (Å²) in [5.41, 5.74) is 0. The maximum Gasteiger partial charge on any atom is 0.255 e. The van der Waals surface area contributed by atoms with E-state index in [0.29, 0.717) is 12.6 Å². The van der Waals surface area contributed by atoms with Crippen molar-refractivity contribution >= 4 is 5.95 Å². The number of nitrogens with one attached hydrogen (secondary N) is 1. The molecule has 1 aliphatic rings. The fourth-order valence-electron chi connectivity index (χ4n) is 1.50. The van der Waals surface area contributed by atoms with Gasteiger partial charge in [0, 0.05) is 6.54 Å². The highest BCUT2D eigenvalue weighted by Gasteiger charge is 2.21. The van der Waals surface area contributed by atoms with E-state index in [2.05, 4.69) is 15.3 Å². The van der Waals surface area contributed by atoms with Crippen LogP contribution in [0.25, 0.3) is 0 Å². The third-order valence-electron chi connectivity index (χ3n) is 2.71. The monoisotopic (exact) mass is 239 g/mol. The summed E-state index contributed by atoms with van der Waals surface area (Å²) < 4.78 is 18.7. The van der Waals surface area contributed by atoms with Crippen LogP contribution in [0.5, 0.6) is 5.88 Å². The van der Waals surface area contributed by atoms with Gasteiger partial charge in [0.25, 0.3) is 5.88 Å². The second kappa shape index (κ2) is 5.80. The standard InChI is InChI=1S/C12H18FN3O/c1-2-6-14-12-15-8-10(13)11(16-12)17-7-5-9-3-4-9/h8-9H,2-7H2,1H3,(H,14,15,16). The average Bonchev–Trinajstić information content (AvgIpc) is 3.14. The quantitative estimate of drug-likeness (QED) is 0.794. The molecular weight excluding hydrogens is 221 g/mol. The normalized spacial score (nSPS) is 14.7. The van der Waals surface area contributed by atoms with Gasteiger partial charge in [-0.05, 0) is 18.8 Å². The van der Waals surface area contributed by atoms with E-state index < -0.39 is 5.82 Å². The van der Waals surface area contributed by atoms with Crippen LogP contribution in [-0.4, -0.2) is 23.1 Å². The number of anilines is 1. The van der Waals surface area contributed by atoms with Crippen molar-refractivity contribution in [3.63, 3.8) is 0 Å². The number of rotatable bonds is 7. The first-order chi connectivity index (χ1) is 8.29. The number of ether oxygens (including phenoxy) is 1. The molecule has 0 radical (unpaired) electrons. The maximum absolute atomic E-state index is 13.4. The summed E-state index contributed by atoms with van der Waals surface area (Å²) >= 11 is 0. The zero-order valence-electron chi connectivity index (χ0n) is 10.1. The van der Waals surface area contributed by atoms with Crippen molar-refractivity contribution in [2.75, 3.05) is 18.5 Å². The van der Waals surface area contributed by atoms with E-state index in [-0.39, 0.29) is 5.88 Å². The van der Waals surface area contributed by atoms with Crippen molar-refractivity contribution < 1.29 is 9.13 Å². The topological polar surface area (TPSA) is 47.0 Å². The molecule has 0 atom stereocenters. The van der Waals surface area contributed by atoms with Gasteiger partial charge in [-0.15, -0.1) is 0 Å². The first-order valence-electron chi connectivity index (χ1n) is 6.18. The first kappa shape index (κ1) is 12.1. The van der Waals surface area contributed by atoms with Crippen LogP contribution in [0.4, 0.5) is 10.3 Å². The molecule has 0 amide bonds. The van der Waals surface area contributed by atoms with E-state index >= 15 is 0 Å². The fraction of sp³-hybridized carbons (Fsp3) is 0.667. The Bertz CT molecular complexity index is 369. The molecule has 1 heterocycles. The minimum absolute atomic E-state index is 0.0549. The van der Waals surface area contributed by atoms with Gasteiger partial charge in [-0.3, -0.25) is 0 Å². The van der Waals surface area contributed by atoms with Crippen molar-refractivity contribution in [2.24, 2.45) is 5.92 Å². The third-order valence-corrected chi connectivity index (χ3v) is 2.71. The zero-order chi connectivity index (χ0) is 12.1. The smallest absolute Gasteiger partial charge is 0.255 e. The van der Waals surface area contributed by atoms with Gasteiger partial charge < -0.3 is 10.1 Å². The zero-order valence-corrected chi connectivity index (χ0v) is 10.1.